The van der Waals surface area contributed by atoms with Crippen LogP contribution in [0.4, 0.5) is 0 Å². The largest absolute Gasteiger partial charge is 0.480 e. The van der Waals surface area contributed by atoms with Crippen LogP contribution in [0, 0.1) is 0 Å². The van der Waals surface area contributed by atoms with Crippen LogP contribution in [0.15, 0.2) is 24.3 Å². The molecule has 1 aliphatic carbocycles. The van der Waals surface area contributed by atoms with Crippen molar-refractivity contribution in [2.24, 2.45) is 0 Å². The molecule has 2 N–H and O–H groups in total. The zero-order valence-electron chi connectivity index (χ0n) is 11.1. The number of carboxylic acids is 1. The third-order valence-electron chi connectivity index (χ3n) is 3.63. The normalized spacial score (nSPS) is 23.5. The SMILES string of the molecule is CC(C)NC1(C(=O)O)CCCCc2ccccc21. The topological polar surface area (TPSA) is 49.3 Å². The summed E-state index contributed by atoms with van der Waals surface area (Å²) in [4.78, 5) is 11.9. The Bertz CT molecular complexity index is 442. The minimum Gasteiger partial charge on any atom is -0.480 e. The van der Waals surface area contributed by atoms with Crippen molar-refractivity contribution in [3.8, 4) is 0 Å². The number of hydrogen-bond donors (Lipinski definition) is 2. The van der Waals surface area contributed by atoms with Crippen LogP contribution in [0.25, 0.3) is 0 Å². The van der Waals surface area contributed by atoms with Gasteiger partial charge >= 0.3 is 5.97 Å². The van der Waals surface area contributed by atoms with Crippen molar-refractivity contribution >= 4 is 5.97 Å². The van der Waals surface area contributed by atoms with E-state index in [4.69, 9.17) is 0 Å². The molecule has 1 unspecified atom stereocenters. The maximum atomic E-state index is 11.9. The van der Waals surface area contributed by atoms with E-state index in [9.17, 15) is 9.90 Å². The Hall–Kier alpha value is -1.35. The number of rotatable bonds is 3. The van der Waals surface area contributed by atoms with E-state index in [-0.39, 0.29) is 6.04 Å². The second-order valence-corrected chi connectivity index (χ2v) is 5.37. The van der Waals surface area contributed by atoms with Gasteiger partial charge in [-0.3, -0.25) is 5.32 Å². The van der Waals surface area contributed by atoms with Gasteiger partial charge < -0.3 is 5.11 Å². The number of aliphatic carboxylic acids is 1. The van der Waals surface area contributed by atoms with Gasteiger partial charge in [0.05, 0.1) is 0 Å². The van der Waals surface area contributed by atoms with E-state index in [1.54, 1.807) is 0 Å². The molecule has 0 saturated heterocycles. The fourth-order valence-corrected chi connectivity index (χ4v) is 2.92. The Morgan fingerprint density at radius 1 is 1.33 bits per heavy atom. The average Bonchev–Trinajstić information content (AvgIpc) is 2.50. The zero-order chi connectivity index (χ0) is 13.2. The van der Waals surface area contributed by atoms with Crippen molar-refractivity contribution < 1.29 is 9.90 Å². The van der Waals surface area contributed by atoms with Crippen LogP contribution in [0.5, 0.6) is 0 Å². The number of carbonyl (C=O) groups is 1. The van der Waals surface area contributed by atoms with E-state index in [1.807, 2.05) is 32.0 Å². The maximum absolute atomic E-state index is 11.9. The molecule has 0 fully saturated rings. The van der Waals surface area contributed by atoms with Gasteiger partial charge in [0.25, 0.3) is 0 Å². The molecule has 3 heteroatoms. The van der Waals surface area contributed by atoms with Crippen LogP contribution in [-0.4, -0.2) is 17.1 Å². The molecule has 18 heavy (non-hydrogen) atoms. The summed E-state index contributed by atoms with van der Waals surface area (Å²) in [7, 11) is 0. The highest BCUT2D eigenvalue weighted by atomic mass is 16.4. The molecule has 0 radical (unpaired) electrons. The number of nitrogens with one attached hydrogen (secondary N) is 1. The summed E-state index contributed by atoms with van der Waals surface area (Å²) in [5.41, 5.74) is 1.20. The molecule has 1 atom stereocenters. The first kappa shape index (κ1) is 13.1. The third kappa shape index (κ3) is 2.27. The van der Waals surface area contributed by atoms with Gasteiger partial charge in [0.2, 0.25) is 0 Å². The summed E-state index contributed by atoms with van der Waals surface area (Å²) in [5, 5.41) is 13.0. The lowest BCUT2D eigenvalue weighted by Crippen LogP contribution is -2.52. The molecule has 1 aliphatic rings. The van der Waals surface area contributed by atoms with Gasteiger partial charge in [0.15, 0.2) is 0 Å². The fourth-order valence-electron chi connectivity index (χ4n) is 2.92. The molecule has 3 nitrogen and oxygen atoms in total. The summed E-state index contributed by atoms with van der Waals surface area (Å²) < 4.78 is 0. The van der Waals surface area contributed by atoms with Crippen molar-refractivity contribution in [1.29, 1.82) is 0 Å². The first-order chi connectivity index (χ1) is 8.56. The highest BCUT2D eigenvalue weighted by Gasteiger charge is 2.42. The predicted molar refractivity (Wildman–Crippen MR) is 71.6 cm³/mol. The Labute approximate surface area is 108 Å². The van der Waals surface area contributed by atoms with Gasteiger partial charge in [-0.25, -0.2) is 4.79 Å². The molecule has 1 aromatic rings. The van der Waals surface area contributed by atoms with Gasteiger partial charge in [-0.1, -0.05) is 30.7 Å². The van der Waals surface area contributed by atoms with Crippen LogP contribution in [-0.2, 0) is 16.8 Å². The first-order valence-corrected chi connectivity index (χ1v) is 6.66. The van der Waals surface area contributed by atoms with E-state index in [0.717, 1.165) is 24.8 Å². The minimum absolute atomic E-state index is 0.146. The minimum atomic E-state index is -0.915. The van der Waals surface area contributed by atoms with E-state index in [1.165, 1.54) is 5.56 Å². The molecule has 0 aromatic heterocycles. The second-order valence-electron chi connectivity index (χ2n) is 5.37. The number of hydrogen-bond acceptors (Lipinski definition) is 2. The molecule has 1 aromatic carbocycles. The highest BCUT2D eigenvalue weighted by Crippen LogP contribution is 2.35. The molecular weight excluding hydrogens is 226 g/mol. The number of fused-ring (bicyclic) bond motifs is 1. The molecular formula is C15H21NO2. The number of benzene rings is 1. The molecule has 2 rings (SSSR count). The Balaban J connectivity index is 2.54. The van der Waals surface area contributed by atoms with Gasteiger partial charge in [0.1, 0.15) is 5.54 Å². The molecule has 0 spiro atoms. The van der Waals surface area contributed by atoms with E-state index < -0.39 is 11.5 Å². The number of carboxylic acid groups (broad SMARTS) is 1. The molecule has 0 bridgehead atoms. The average molecular weight is 247 g/mol. The van der Waals surface area contributed by atoms with Crippen LogP contribution in [0.3, 0.4) is 0 Å². The van der Waals surface area contributed by atoms with Crippen molar-refractivity contribution in [2.75, 3.05) is 0 Å². The summed E-state index contributed by atoms with van der Waals surface area (Å²) in [6.45, 7) is 4.00. The predicted octanol–water partition coefficient (Wildman–Crippen LogP) is 2.69. The lowest BCUT2D eigenvalue weighted by Gasteiger charge is -2.33. The van der Waals surface area contributed by atoms with Gasteiger partial charge in [0, 0.05) is 6.04 Å². The Kier molecular flexibility index (Phi) is 3.71. The summed E-state index contributed by atoms with van der Waals surface area (Å²) in [6.07, 6.45) is 3.65. The lowest BCUT2D eigenvalue weighted by atomic mass is 9.84. The first-order valence-electron chi connectivity index (χ1n) is 6.66. The van der Waals surface area contributed by atoms with E-state index >= 15 is 0 Å². The summed E-state index contributed by atoms with van der Waals surface area (Å²) in [5.74, 6) is -0.759. The van der Waals surface area contributed by atoms with Gasteiger partial charge in [-0.2, -0.15) is 0 Å². The van der Waals surface area contributed by atoms with Gasteiger partial charge in [-0.15, -0.1) is 0 Å². The summed E-state index contributed by atoms with van der Waals surface area (Å²) >= 11 is 0. The Morgan fingerprint density at radius 3 is 2.72 bits per heavy atom. The smallest absolute Gasteiger partial charge is 0.328 e. The fraction of sp³-hybridized carbons (Fsp3) is 0.533. The van der Waals surface area contributed by atoms with Crippen LogP contribution < -0.4 is 5.32 Å². The highest BCUT2D eigenvalue weighted by molar-refractivity contribution is 5.81. The molecule has 0 amide bonds. The van der Waals surface area contributed by atoms with Gasteiger partial charge in [-0.05, 0) is 44.2 Å². The standard InChI is InChI=1S/C15H21NO2/c1-11(2)16-15(14(17)18)10-6-5-8-12-7-3-4-9-13(12)15/h3-4,7,9,11,16H,5-6,8,10H2,1-2H3,(H,17,18). The van der Waals surface area contributed by atoms with Crippen molar-refractivity contribution in [2.45, 2.75) is 51.1 Å². The van der Waals surface area contributed by atoms with Crippen molar-refractivity contribution in [3.05, 3.63) is 35.4 Å². The number of aryl methyl sites for hydroxylation is 1. The second kappa shape index (κ2) is 5.11. The van der Waals surface area contributed by atoms with Crippen LogP contribution in [0.1, 0.15) is 44.2 Å². The quantitative estimate of drug-likeness (QED) is 0.807. The monoisotopic (exact) mass is 247 g/mol. The zero-order valence-corrected chi connectivity index (χ0v) is 11.1. The Morgan fingerprint density at radius 2 is 2.06 bits per heavy atom. The van der Waals surface area contributed by atoms with Crippen LogP contribution >= 0.6 is 0 Å². The molecule has 0 aliphatic heterocycles. The van der Waals surface area contributed by atoms with Crippen molar-refractivity contribution in [3.63, 3.8) is 0 Å². The molecule has 98 valence electrons. The maximum Gasteiger partial charge on any atom is 0.328 e. The molecule has 0 saturated carbocycles. The summed E-state index contributed by atoms with van der Waals surface area (Å²) in [6, 6.07) is 8.09. The van der Waals surface area contributed by atoms with E-state index in [0.29, 0.717) is 6.42 Å². The molecule has 0 heterocycles. The van der Waals surface area contributed by atoms with Crippen molar-refractivity contribution in [1.82, 2.24) is 5.32 Å². The van der Waals surface area contributed by atoms with E-state index in [2.05, 4.69) is 11.4 Å². The third-order valence-corrected chi connectivity index (χ3v) is 3.63. The lowest BCUT2D eigenvalue weighted by molar-refractivity contribution is -0.146. The van der Waals surface area contributed by atoms with Crippen LogP contribution in [0.2, 0.25) is 0 Å².